The summed E-state index contributed by atoms with van der Waals surface area (Å²) in [5, 5.41) is 6.86. The van der Waals surface area contributed by atoms with Gasteiger partial charge in [0.15, 0.2) is 0 Å². The highest BCUT2D eigenvalue weighted by atomic mass is 35.5. The Balaban J connectivity index is 0.00000131. The Bertz CT molecular complexity index is 594. The van der Waals surface area contributed by atoms with Gasteiger partial charge in [0.05, 0.1) is 11.5 Å². The monoisotopic (exact) mass is 413 g/mol. The van der Waals surface area contributed by atoms with E-state index < -0.39 is 0 Å². The van der Waals surface area contributed by atoms with Crippen molar-refractivity contribution in [2.45, 2.75) is 44.6 Å². The van der Waals surface area contributed by atoms with Gasteiger partial charge in [0, 0.05) is 13.1 Å². The molecule has 2 aliphatic heterocycles. The van der Waals surface area contributed by atoms with E-state index in [0.29, 0.717) is 17.9 Å². The maximum atomic E-state index is 13.2. The minimum absolute atomic E-state index is 0. The van der Waals surface area contributed by atoms with Crippen LogP contribution in [0.5, 0.6) is 0 Å². The quantitative estimate of drug-likeness (QED) is 0.775. The van der Waals surface area contributed by atoms with Gasteiger partial charge in [-0.25, -0.2) is 0 Å². The zero-order valence-corrected chi connectivity index (χ0v) is 17.6. The number of rotatable bonds is 5. The molecule has 3 fully saturated rings. The number of hydrogen-bond donors (Lipinski definition) is 2. The van der Waals surface area contributed by atoms with Crippen LogP contribution < -0.4 is 10.6 Å². The van der Waals surface area contributed by atoms with E-state index in [9.17, 15) is 4.79 Å². The smallest absolute Gasteiger partial charge is 0.227 e. The highest BCUT2D eigenvalue weighted by Gasteiger charge is 2.49. The predicted octanol–water partition coefficient (Wildman–Crippen LogP) is 3.56. The third-order valence-electron chi connectivity index (χ3n) is 6.71. The van der Waals surface area contributed by atoms with Gasteiger partial charge in [-0.3, -0.25) is 9.69 Å². The van der Waals surface area contributed by atoms with Crippen LogP contribution in [0.15, 0.2) is 30.3 Å². The summed E-state index contributed by atoms with van der Waals surface area (Å²) in [7, 11) is 0. The van der Waals surface area contributed by atoms with Gasteiger partial charge >= 0.3 is 0 Å². The average molecular weight is 414 g/mol. The summed E-state index contributed by atoms with van der Waals surface area (Å²) in [4.78, 5) is 15.7. The van der Waals surface area contributed by atoms with Crippen molar-refractivity contribution < 1.29 is 4.79 Å². The average Bonchev–Trinajstić information content (AvgIpc) is 3.33. The van der Waals surface area contributed by atoms with Crippen LogP contribution in [0.3, 0.4) is 0 Å². The zero-order valence-electron chi connectivity index (χ0n) is 16.0. The van der Waals surface area contributed by atoms with Crippen LogP contribution in [-0.4, -0.2) is 43.5 Å². The van der Waals surface area contributed by atoms with E-state index in [2.05, 4.69) is 45.9 Å². The summed E-state index contributed by atoms with van der Waals surface area (Å²) < 4.78 is 0. The van der Waals surface area contributed by atoms with Crippen molar-refractivity contribution in [1.29, 1.82) is 0 Å². The highest BCUT2D eigenvalue weighted by molar-refractivity contribution is 5.85. The molecule has 1 amide bonds. The van der Waals surface area contributed by atoms with Crippen LogP contribution in [0.1, 0.15) is 50.1 Å². The largest absolute Gasteiger partial charge is 0.354 e. The third-order valence-corrected chi connectivity index (χ3v) is 6.71. The van der Waals surface area contributed by atoms with Crippen molar-refractivity contribution in [2.75, 3.05) is 32.7 Å². The molecule has 1 aromatic rings. The van der Waals surface area contributed by atoms with Gasteiger partial charge in [0.25, 0.3) is 0 Å². The number of likely N-dealkylation sites (tertiary alicyclic amines) is 1. The normalized spacial score (nSPS) is 28.5. The van der Waals surface area contributed by atoms with Gasteiger partial charge in [0.2, 0.25) is 5.91 Å². The number of nitrogens with one attached hydrogen (secondary N) is 2. The first kappa shape index (κ1) is 22.5. The van der Waals surface area contributed by atoms with Gasteiger partial charge < -0.3 is 10.6 Å². The molecule has 4 rings (SSSR count). The lowest BCUT2D eigenvalue weighted by Gasteiger charge is -2.38. The molecular formula is C21H33Cl2N3O. The fourth-order valence-electron chi connectivity index (χ4n) is 5.24. The van der Waals surface area contributed by atoms with E-state index in [-0.39, 0.29) is 30.2 Å². The first-order chi connectivity index (χ1) is 12.3. The molecule has 1 aromatic carbocycles. The van der Waals surface area contributed by atoms with E-state index in [4.69, 9.17) is 0 Å². The molecule has 1 saturated carbocycles. The third kappa shape index (κ3) is 4.61. The van der Waals surface area contributed by atoms with Crippen molar-refractivity contribution >= 4 is 30.7 Å². The van der Waals surface area contributed by atoms with Crippen molar-refractivity contribution in [3.05, 3.63) is 35.9 Å². The Morgan fingerprint density at radius 1 is 1.15 bits per heavy atom. The fourth-order valence-corrected chi connectivity index (χ4v) is 5.24. The van der Waals surface area contributed by atoms with Crippen molar-refractivity contribution in [3.63, 3.8) is 0 Å². The van der Waals surface area contributed by atoms with Crippen LogP contribution in [0.4, 0.5) is 0 Å². The number of halogens is 2. The van der Waals surface area contributed by atoms with E-state index >= 15 is 0 Å². The lowest BCUT2D eigenvalue weighted by atomic mass is 9.67. The van der Waals surface area contributed by atoms with E-state index in [1.165, 1.54) is 37.7 Å². The summed E-state index contributed by atoms with van der Waals surface area (Å²) in [6.45, 7) is 4.90. The van der Waals surface area contributed by atoms with Crippen LogP contribution in [0, 0.1) is 11.3 Å². The summed E-state index contributed by atoms with van der Waals surface area (Å²) in [6, 6.07) is 11.0. The van der Waals surface area contributed by atoms with Gasteiger partial charge in [-0.15, -0.1) is 24.8 Å². The Hall–Kier alpha value is -0.810. The summed E-state index contributed by atoms with van der Waals surface area (Å²) in [5.41, 5.74) is 1.18. The first-order valence-electron chi connectivity index (χ1n) is 10.1. The fraction of sp³-hybridized carbons (Fsp3) is 0.667. The molecule has 3 aliphatic rings. The topological polar surface area (TPSA) is 44.4 Å². The number of hydrogen-bond acceptors (Lipinski definition) is 3. The Labute approximate surface area is 175 Å². The molecule has 1 aliphatic carbocycles. The van der Waals surface area contributed by atoms with Crippen molar-refractivity contribution in [3.8, 4) is 0 Å². The first-order valence-corrected chi connectivity index (χ1v) is 10.1. The van der Waals surface area contributed by atoms with Gasteiger partial charge in [-0.2, -0.15) is 0 Å². The molecule has 0 bridgehead atoms. The van der Waals surface area contributed by atoms with E-state index in [0.717, 1.165) is 39.1 Å². The lowest BCUT2D eigenvalue weighted by Crippen LogP contribution is -2.49. The lowest BCUT2D eigenvalue weighted by molar-refractivity contribution is -0.134. The molecule has 4 nitrogen and oxygen atoms in total. The molecule has 1 unspecified atom stereocenters. The van der Waals surface area contributed by atoms with Crippen LogP contribution in [0.25, 0.3) is 0 Å². The van der Waals surface area contributed by atoms with Crippen LogP contribution >= 0.6 is 24.8 Å². The molecule has 152 valence electrons. The Kier molecular flexibility index (Phi) is 8.41. The maximum Gasteiger partial charge on any atom is 0.227 e. The van der Waals surface area contributed by atoms with Gasteiger partial charge in [-0.1, -0.05) is 43.2 Å². The molecule has 3 atom stereocenters. The number of fused-ring (bicyclic) bond motifs is 1. The SMILES string of the molecule is Cl.Cl.O=C(NCC(c1ccccc1)N1CCCC1)[C@@]12CCCC[C@H]1CNC2. The summed E-state index contributed by atoms with van der Waals surface area (Å²) in [6.07, 6.45) is 7.27. The molecule has 0 aromatic heterocycles. The molecule has 0 spiro atoms. The molecule has 0 radical (unpaired) electrons. The van der Waals surface area contributed by atoms with E-state index in [1.54, 1.807) is 0 Å². The molecule has 2 heterocycles. The highest BCUT2D eigenvalue weighted by Crippen LogP contribution is 2.44. The molecule has 6 heteroatoms. The number of carbonyl (C=O) groups is 1. The number of carbonyl (C=O) groups excluding carboxylic acids is 1. The summed E-state index contributed by atoms with van der Waals surface area (Å²) >= 11 is 0. The molecular weight excluding hydrogens is 381 g/mol. The Morgan fingerprint density at radius 2 is 1.89 bits per heavy atom. The molecule has 27 heavy (non-hydrogen) atoms. The Morgan fingerprint density at radius 3 is 2.63 bits per heavy atom. The molecule has 2 N–H and O–H groups in total. The zero-order chi connectivity index (χ0) is 17.1. The second kappa shape index (κ2) is 10.1. The predicted molar refractivity (Wildman–Crippen MR) is 115 cm³/mol. The van der Waals surface area contributed by atoms with Crippen molar-refractivity contribution in [1.82, 2.24) is 15.5 Å². The summed E-state index contributed by atoms with van der Waals surface area (Å²) in [5.74, 6) is 0.825. The minimum Gasteiger partial charge on any atom is -0.354 e. The van der Waals surface area contributed by atoms with E-state index in [1.807, 2.05) is 0 Å². The van der Waals surface area contributed by atoms with Gasteiger partial charge in [0.1, 0.15) is 0 Å². The standard InChI is InChI=1S/C21H31N3O.2ClH/c25-20(21-11-5-4-10-18(21)14-22-16-21)23-15-19(24-12-6-7-13-24)17-8-2-1-3-9-17;;/h1-3,8-9,18-19,22H,4-7,10-16H2,(H,23,25);2*1H/t18-,19?,21+;;/m0../s1. The van der Waals surface area contributed by atoms with Crippen LogP contribution in [0.2, 0.25) is 0 Å². The minimum atomic E-state index is -0.148. The van der Waals surface area contributed by atoms with Gasteiger partial charge in [-0.05, 0) is 56.8 Å². The number of amides is 1. The maximum absolute atomic E-state index is 13.2. The number of benzene rings is 1. The molecule has 2 saturated heterocycles. The second-order valence-electron chi connectivity index (χ2n) is 8.11. The number of nitrogens with zero attached hydrogens (tertiary/aromatic N) is 1. The van der Waals surface area contributed by atoms with Crippen LogP contribution in [-0.2, 0) is 4.79 Å². The second-order valence-corrected chi connectivity index (χ2v) is 8.11. The van der Waals surface area contributed by atoms with Crippen molar-refractivity contribution in [2.24, 2.45) is 11.3 Å².